The van der Waals surface area contributed by atoms with Gasteiger partial charge >= 0.3 is 0 Å². The first kappa shape index (κ1) is 27.0. The molecule has 208 valence electrons. The molecule has 0 saturated carbocycles. The summed E-state index contributed by atoms with van der Waals surface area (Å²) in [5.41, 5.74) is 8.12. The molecule has 0 aliphatic heterocycles. The van der Waals surface area contributed by atoms with E-state index in [2.05, 4.69) is 63.7 Å². The first-order valence-corrected chi connectivity index (χ1v) is 14.1. The summed E-state index contributed by atoms with van der Waals surface area (Å²) in [4.78, 5) is 9.91. The van der Waals surface area contributed by atoms with Crippen LogP contribution in [0.15, 0.2) is 114 Å². The lowest BCUT2D eigenvalue weighted by molar-refractivity contribution is 0.201. The van der Waals surface area contributed by atoms with Gasteiger partial charge in [-0.25, -0.2) is 0 Å². The number of ether oxygens (including phenoxy) is 1. The van der Waals surface area contributed by atoms with Crippen LogP contribution in [0.25, 0.3) is 21.9 Å². The molecular formula is C35H31N5O2. The molecule has 0 aliphatic carbocycles. The van der Waals surface area contributed by atoms with E-state index in [0.29, 0.717) is 25.2 Å². The van der Waals surface area contributed by atoms with Crippen LogP contribution in [-0.4, -0.2) is 39.0 Å². The molecule has 0 radical (unpaired) electrons. The fourth-order valence-electron chi connectivity index (χ4n) is 5.30. The topological polar surface area (TPSA) is 88.4 Å². The Balaban J connectivity index is 1.42. The van der Waals surface area contributed by atoms with Crippen LogP contribution in [0.1, 0.15) is 22.3 Å². The molecular weight excluding hydrogens is 522 g/mol. The highest BCUT2D eigenvalue weighted by atomic mass is 16.5. The van der Waals surface area contributed by atoms with Gasteiger partial charge in [0.2, 0.25) is 5.62 Å². The highest BCUT2D eigenvalue weighted by Gasteiger charge is 2.14. The molecule has 0 fully saturated rings. The van der Waals surface area contributed by atoms with Gasteiger partial charge in [-0.15, -0.1) is 0 Å². The van der Waals surface area contributed by atoms with Gasteiger partial charge in [0.1, 0.15) is 12.4 Å². The second-order valence-electron chi connectivity index (χ2n) is 10.1. The van der Waals surface area contributed by atoms with E-state index in [1.165, 1.54) is 0 Å². The van der Waals surface area contributed by atoms with Crippen LogP contribution < -0.4 is 10.4 Å². The Morgan fingerprint density at radius 3 is 2.24 bits per heavy atom. The Morgan fingerprint density at radius 1 is 0.786 bits per heavy atom. The zero-order chi connectivity index (χ0) is 28.7. The Labute approximate surface area is 244 Å². The summed E-state index contributed by atoms with van der Waals surface area (Å²) in [6, 6.07) is 36.7. The van der Waals surface area contributed by atoms with Gasteiger partial charge in [0, 0.05) is 18.1 Å². The van der Waals surface area contributed by atoms with Crippen molar-refractivity contribution in [3.8, 4) is 11.8 Å². The van der Waals surface area contributed by atoms with E-state index >= 15 is 0 Å². The SMILES string of the molecule is N#Cc1ccc(Cn2c(=NCCc3ccc(OCCO)cc3)n(Cc3cccc4cccnc34)c3ccccc32)cc1. The van der Waals surface area contributed by atoms with E-state index in [1.54, 1.807) is 0 Å². The van der Waals surface area contributed by atoms with Crippen molar-refractivity contribution in [3.05, 3.63) is 137 Å². The van der Waals surface area contributed by atoms with E-state index in [0.717, 1.165) is 56.4 Å². The van der Waals surface area contributed by atoms with Gasteiger partial charge in [0.05, 0.1) is 47.9 Å². The summed E-state index contributed by atoms with van der Waals surface area (Å²) in [7, 11) is 0. The van der Waals surface area contributed by atoms with Gasteiger partial charge in [-0.3, -0.25) is 9.98 Å². The number of pyridine rings is 1. The molecule has 6 aromatic rings. The number of rotatable bonds is 10. The van der Waals surface area contributed by atoms with Gasteiger partial charge in [-0.1, -0.05) is 60.7 Å². The molecule has 6 rings (SSSR count). The number of benzene rings is 4. The van der Waals surface area contributed by atoms with E-state index in [4.69, 9.17) is 19.8 Å². The van der Waals surface area contributed by atoms with Crippen molar-refractivity contribution < 1.29 is 9.84 Å². The van der Waals surface area contributed by atoms with E-state index in [-0.39, 0.29) is 13.2 Å². The molecule has 2 aromatic heterocycles. The fraction of sp³-hybridized carbons (Fsp3) is 0.171. The van der Waals surface area contributed by atoms with Crippen LogP contribution in [0.4, 0.5) is 0 Å². The van der Waals surface area contributed by atoms with Crippen molar-refractivity contribution in [3.63, 3.8) is 0 Å². The Morgan fingerprint density at radius 2 is 1.50 bits per heavy atom. The van der Waals surface area contributed by atoms with E-state index in [1.807, 2.05) is 60.8 Å². The lowest BCUT2D eigenvalue weighted by Crippen LogP contribution is -2.28. The standard InChI is InChI=1S/C35H31N5O2/c36-23-27-10-12-28(13-11-27)24-39-32-8-1-2-9-33(32)40(25-30-6-3-5-29-7-4-19-37-34(29)30)35(39)38-20-18-26-14-16-31(17-15-26)42-22-21-41/h1-17,19,41H,18,20-22,24-25H2. The largest absolute Gasteiger partial charge is 0.491 e. The molecule has 0 bridgehead atoms. The maximum Gasteiger partial charge on any atom is 0.206 e. The van der Waals surface area contributed by atoms with Gasteiger partial charge in [-0.05, 0) is 65.6 Å². The predicted octanol–water partition coefficient (Wildman–Crippen LogP) is 5.47. The number of aromatic nitrogens is 3. The predicted molar refractivity (Wildman–Crippen MR) is 164 cm³/mol. The third-order valence-corrected chi connectivity index (χ3v) is 7.35. The quantitative estimate of drug-likeness (QED) is 0.244. The molecule has 0 atom stereocenters. The number of fused-ring (bicyclic) bond motifs is 2. The molecule has 4 aromatic carbocycles. The van der Waals surface area contributed by atoms with Crippen LogP contribution in [0, 0.1) is 11.3 Å². The highest BCUT2D eigenvalue weighted by molar-refractivity contribution is 5.82. The Bertz CT molecular complexity index is 1930. The fourth-order valence-corrected chi connectivity index (χ4v) is 5.30. The summed E-state index contributed by atoms with van der Waals surface area (Å²) in [6.07, 6.45) is 2.62. The second-order valence-corrected chi connectivity index (χ2v) is 10.1. The summed E-state index contributed by atoms with van der Waals surface area (Å²) in [6.45, 7) is 2.14. The van der Waals surface area contributed by atoms with Crippen molar-refractivity contribution in [1.82, 2.24) is 14.1 Å². The van der Waals surface area contributed by atoms with Crippen molar-refractivity contribution in [1.29, 1.82) is 5.26 Å². The minimum Gasteiger partial charge on any atom is -0.491 e. The third kappa shape index (κ3) is 5.80. The molecule has 7 nitrogen and oxygen atoms in total. The molecule has 0 saturated heterocycles. The molecule has 0 spiro atoms. The van der Waals surface area contributed by atoms with Crippen LogP contribution in [0.3, 0.4) is 0 Å². The number of hydrogen-bond acceptors (Lipinski definition) is 5. The molecule has 42 heavy (non-hydrogen) atoms. The van der Waals surface area contributed by atoms with Crippen molar-refractivity contribution in [2.75, 3.05) is 19.8 Å². The van der Waals surface area contributed by atoms with Crippen LogP contribution in [0.2, 0.25) is 0 Å². The van der Waals surface area contributed by atoms with Crippen molar-refractivity contribution in [2.24, 2.45) is 4.99 Å². The molecule has 0 aliphatic rings. The number of aliphatic hydroxyl groups is 1. The van der Waals surface area contributed by atoms with Crippen LogP contribution in [-0.2, 0) is 19.5 Å². The minimum atomic E-state index is -0.00800. The maximum absolute atomic E-state index is 9.27. The summed E-state index contributed by atoms with van der Waals surface area (Å²) < 4.78 is 10.1. The Hall–Kier alpha value is -5.19. The number of aliphatic hydroxyl groups excluding tert-OH is 1. The zero-order valence-electron chi connectivity index (χ0n) is 23.2. The first-order valence-electron chi connectivity index (χ1n) is 14.1. The number of imidazole rings is 1. The average Bonchev–Trinajstić information content (AvgIpc) is 3.32. The van der Waals surface area contributed by atoms with Gasteiger partial charge in [-0.2, -0.15) is 5.26 Å². The monoisotopic (exact) mass is 553 g/mol. The Kier molecular flexibility index (Phi) is 8.07. The number of nitriles is 1. The van der Waals surface area contributed by atoms with Crippen molar-refractivity contribution in [2.45, 2.75) is 19.5 Å². The van der Waals surface area contributed by atoms with E-state index < -0.39 is 0 Å². The minimum absolute atomic E-state index is 0.00800. The third-order valence-electron chi connectivity index (χ3n) is 7.35. The second kappa shape index (κ2) is 12.5. The summed E-state index contributed by atoms with van der Waals surface area (Å²) in [5.74, 6) is 0.744. The van der Waals surface area contributed by atoms with Gasteiger partial charge in [0.25, 0.3) is 0 Å². The molecule has 1 N–H and O–H groups in total. The smallest absolute Gasteiger partial charge is 0.206 e. The van der Waals surface area contributed by atoms with Crippen LogP contribution >= 0.6 is 0 Å². The summed E-state index contributed by atoms with van der Waals surface area (Å²) in [5, 5.41) is 19.4. The maximum atomic E-state index is 9.27. The van der Waals surface area contributed by atoms with Crippen LogP contribution in [0.5, 0.6) is 5.75 Å². The van der Waals surface area contributed by atoms with E-state index in [9.17, 15) is 5.26 Å². The molecule has 0 unspecified atom stereocenters. The lowest BCUT2D eigenvalue weighted by Gasteiger charge is -2.10. The average molecular weight is 554 g/mol. The molecule has 2 heterocycles. The molecule has 0 amide bonds. The lowest BCUT2D eigenvalue weighted by atomic mass is 10.1. The normalized spacial score (nSPS) is 11.7. The highest BCUT2D eigenvalue weighted by Crippen LogP contribution is 2.21. The zero-order valence-corrected chi connectivity index (χ0v) is 23.2. The van der Waals surface area contributed by atoms with Gasteiger partial charge < -0.3 is 19.0 Å². The first-order chi connectivity index (χ1) is 20.7. The van der Waals surface area contributed by atoms with Crippen molar-refractivity contribution >= 4 is 21.9 Å². The van der Waals surface area contributed by atoms with Gasteiger partial charge in [0.15, 0.2) is 0 Å². The number of para-hydroxylation sites is 3. The number of nitrogens with zero attached hydrogens (tertiary/aromatic N) is 5. The summed E-state index contributed by atoms with van der Waals surface area (Å²) >= 11 is 0. The molecule has 7 heteroatoms. The number of hydrogen-bond donors (Lipinski definition) is 1.